The Bertz CT molecular complexity index is 1110. The summed E-state index contributed by atoms with van der Waals surface area (Å²) in [6.07, 6.45) is 1.48. The molecule has 0 unspecified atom stereocenters. The summed E-state index contributed by atoms with van der Waals surface area (Å²) in [5, 5.41) is 17.7. The van der Waals surface area contributed by atoms with Gasteiger partial charge < -0.3 is 24.3 Å². The first-order valence-electron chi connectivity index (χ1n) is 8.30. The zero-order valence-corrected chi connectivity index (χ0v) is 16.1. The molecule has 3 aromatic rings. The van der Waals surface area contributed by atoms with Crippen LogP contribution < -0.4 is 19.9 Å². The van der Waals surface area contributed by atoms with E-state index < -0.39 is 20.9 Å². The summed E-state index contributed by atoms with van der Waals surface area (Å²) in [6, 6.07) is 12.1. The van der Waals surface area contributed by atoms with E-state index in [-0.39, 0.29) is 23.5 Å². The van der Waals surface area contributed by atoms with Crippen molar-refractivity contribution in [2.75, 3.05) is 12.4 Å². The van der Waals surface area contributed by atoms with Gasteiger partial charge in [0, 0.05) is 6.07 Å². The van der Waals surface area contributed by atoms with Gasteiger partial charge >= 0.3 is 5.97 Å². The van der Waals surface area contributed by atoms with Gasteiger partial charge in [0.2, 0.25) is 10.0 Å². The Hall–Kier alpha value is -3.50. The third kappa shape index (κ3) is 4.86. The molecule has 9 nitrogen and oxygen atoms in total. The highest BCUT2D eigenvalue weighted by Crippen LogP contribution is 2.34. The number of anilines is 1. The molecule has 0 aliphatic rings. The van der Waals surface area contributed by atoms with Crippen LogP contribution in [-0.4, -0.2) is 26.6 Å². The number of benzene rings is 2. The maximum atomic E-state index is 12.0. The summed E-state index contributed by atoms with van der Waals surface area (Å²) in [5.41, 5.74) is -0.132. The quantitative estimate of drug-likeness (QED) is 0.507. The smallest absolute Gasteiger partial charge is 0.337 e. The summed E-state index contributed by atoms with van der Waals surface area (Å²) in [6.45, 7) is 0.185. The number of rotatable bonds is 8. The van der Waals surface area contributed by atoms with E-state index in [1.165, 1.54) is 19.4 Å². The van der Waals surface area contributed by atoms with E-state index >= 15 is 0 Å². The standard InChI is InChI=1S/C19H18N2O7S/c1-26-12-4-6-13(7-5-12)28-17-10-16(21-11-14-3-2-8-27-14)15(19(22)23)9-18(17)29(20,24)25/h2-10,21H,11H2,1H3,(H,22,23)(H2,20,24,25). The molecule has 0 saturated carbocycles. The SMILES string of the molecule is COc1ccc(Oc2cc(NCc3ccco3)c(C(=O)O)cc2S(N)(=O)=O)cc1. The van der Waals surface area contributed by atoms with Crippen LogP contribution in [0.1, 0.15) is 16.1 Å². The fourth-order valence-corrected chi connectivity index (χ4v) is 3.21. The molecule has 29 heavy (non-hydrogen) atoms. The molecule has 0 bridgehead atoms. The number of primary sulfonamides is 1. The minimum Gasteiger partial charge on any atom is -0.497 e. The lowest BCUT2D eigenvalue weighted by molar-refractivity contribution is 0.0697. The van der Waals surface area contributed by atoms with Crippen molar-refractivity contribution in [3.05, 3.63) is 66.1 Å². The number of furan rings is 1. The molecular weight excluding hydrogens is 400 g/mol. The van der Waals surface area contributed by atoms with E-state index in [1.54, 1.807) is 36.4 Å². The van der Waals surface area contributed by atoms with E-state index in [9.17, 15) is 18.3 Å². The molecule has 0 aliphatic heterocycles. The molecule has 4 N–H and O–H groups in total. The van der Waals surface area contributed by atoms with Gasteiger partial charge in [-0.25, -0.2) is 18.4 Å². The predicted molar refractivity (Wildman–Crippen MR) is 104 cm³/mol. The molecule has 0 amide bonds. The zero-order valence-electron chi connectivity index (χ0n) is 15.3. The van der Waals surface area contributed by atoms with Crippen LogP contribution in [0.15, 0.2) is 64.1 Å². The van der Waals surface area contributed by atoms with Gasteiger partial charge in [-0.05, 0) is 42.5 Å². The van der Waals surface area contributed by atoms with Gasteiger partial charge in [0.1, 0.15) is 27.9 Å². The summed E-state index contributed by atoms with van der Waals surface area (Å²) in [7, 11) is -2.75. The topological polar surface area (TPSA) is 141 Å². The Morgan fingerprint density at radius 3 is 2.41 bits per heavy atom. The van der Waals surface area contributed by atoms with Crippen LogP contribution in [0.3, 0.4) is 0 Å². The molecular formula is C19H18N2O7S. The Balaban J connectivity index is 2.03. The monoisotopic (exact) mass is 418 g/mol. The number of carboxylic acid groups (broad SMARTS) is 1. The molecule has 152 valence electrons. The van der Waals surface area contributed by atoms with Crippen molar-refractivity contribution in [2.45, 2.75) is 11.4 Å². The average molecular weight is 418 g/mol. The van der Waals surface area contributed by atoms with Crippen LogP contribution >= 0.6 is 0 Å². The number of nitrogens with two attached hydrogens (primary N) is 1. The number of nitrogens with one attached hydrogen (secondary N) is 1. The second-order valence-electron chi connectivity index (χ2n) is 5.91. The number of hydrogen-bond acceptors (Lipinski definition) is 7. The maximum Gasteiger partial charge on any atom is 0.337 e. The molecule has 3 rings (SSSR count). The van der Waals surface area contributed by atoms with Crippen molar-refractivity contribution in [3.63, 3.8) is 0 Å². The molecule has 0 saturated heterocycles. The van der Waals surface area contributed by atoms with Crippen LogP contribution in [0.25, 0.3) is 0 Å². The number of aromatic carboxylic acids is 1. The lowest BCUT2D eigenvalue weighted by atomic mass is 10.1. The van der Waals surface area contributed by atoms with Crippen molar-refractivity contribution in [1.29, 1.82) is 0 Å². The summed E-state index contributed by atoms with van der Waals surface area (Å²) in [5.74, 6) is 0.0220. The fraction of sp³-hybridized carbons (Fsp3) is 0.105. The van der Waals surface area contributed by atoms with Crippen LogP contribution in [0.4, 0.5) is 5.69 Å². The molecule has 0 spiro atoms. The number of methoxy groups -OCH3 is 1. The zero-order chi connectivity index (χ0) is 21.0. The fourth-order valence-electron chi connectivity index (χ4n) is 2.55. The number of hydrogen-bond donors (Lipinski definition) is 3. The predicted octanol–water partition coefficient (Wildman–Crippen LogP) is 3.04. The highest BCUT2D eigenvalue weighted by Gasteiger charge is 2.23. The minimum absolute atomic E-state index is 0.121. The number of ether oxygens (including phenoxy) is 2. The van der Waals surface area contributed by atoms with Gasteiger partial charge in [0.15, 0.2) is 0 Å². The van der Waals surface area contributed by atoms with Crippen molar-refractivity contribution in [3.8, 4) is 17.2 Å². The van der Waals surface area contributed by atoms with Crippen LogP contribution in [0, 0.1) is 0 Å². The maximum absolute atomic E-state index is 12.0. The van der Waals surface area contributed by atoms with Gasteiger partial charge in [-0.1, -0.05) is 0 Å². The molecule has 1 heterocycles. The summed E-state index contributed by atoms with van der Waals surface area (Å²) < 4.78 is 40.0. The van der Waals surface area contributed by atoms with Crippen LogP contribution in [0.2, 0.25) is 0 Å². The van der Waals surface area contributed by atoms with Crippen molar-refractivity contribution in [1.82, 2.24) is 0 Å². The lowest BCUT2D eigenvalue weighted by Crippen LogP contribution is -2.16. The minimum atomic E-state index is -4.26. The molecule has 0 radical (unpaired) electrons. The van der Waals surface area contributed by atoms with Crippen LogP contribution in [-0.2, 0) is 16.6 Å². The second kappa shape index (κ2) is 8.25. The highest BCUT2D eigenvalue weighted by atomic mass is 32.2. The van der Waals surface area contributed by atoms with E-state index in [0.717, 1.165) is 6.07 Å². The second-order valence-corrected chi connectivity index (χ2v) is 7.44. The van der Waals surface area contributed by atoms with Gasteiger partial charge in [-0.3, -0.25) is 0 Å². The molecule has 0 atom stereocenters. The summed E-state index contributed by atoms with van der Waals surface area (Å²) in [4.78, 5) is 11.2. The van der Waals surface area contributed by atoms with Gasteiger partial charge in [0.05, 0.1) is 31.2 Å². The Kier molecular flexibility index (Phi) is 5.76. The Morgan fingerprint density at radius 1 is 1.17 bits per heavy atom. The van der Waals surface area contributed by atoms with Gasteiger partial charge in [-0.2, -0.15) is 0 Å². The van der Waals surface area contributed by atoms with E-state index in [1.807, 2.05) is 0 Å². The van der Waals surface area contributed by atoms with Crippen molar-refractivity contribution < 1.29 is 32.2 Å². The number of carboxylic acids is 1. The average Bonchev–Trinajstić information content (AvgIpc) is 3.19. The summed E-state index contributed by atoms with van der Waals surface area (Å²) >= 11 is 0. The van der Waals surface area contributed by atoms with E-state index in [0.29, 0.717) is 17.3 Å². The molecule has 10 heteroatoms. The first-order valence-corrected chi connectivity index (χ1v) is 9.85. The van der Waals surface area contributed by atoms with E-state index in [2.05, 4.69) is 5.32 Å². The molecule has 1 aromatic heterocycles. The number of sulfonamides is 1. The lowest BCUT2D eigenvalue weighted by Gasteiger charge is -2.15. The molecule has 2 aromatic carbocycles. The molecule has 0 fully saturated rings. The third-order valence-corrected chi connectivity index (χ3v) is 4.87. The van der Waals surface area contributed by atoms with Gasteiger partial charge in [-0.15, -0.1) is 0 Å². The van der Waals surface area contributed by atoms with Crippen molar-refractivity contribution in [2.24, 2.45) is 5.14 Å². The first kappa shape index (κ1) is 20.2. The van der Waals surface area contributed by atoms with Gasteiger partial charge in [0.25, 0.3) is 0 Å². The largest absolute Gasteiger partial charge is 0.497 e. The Morgan fingerprint density at radius 2 is 1.86 bits per heavy atom. The third-order valence-electron chi connectivity index (χ3n) is 3.94. The van der Waals surface area contributed by atoms with Crippen LogP contribution in [0.5, 0.6) is 17.2 Å². The first-order chi connectivity index (χ1) is 13.8. The van der Waals surface area contributed by atoms with Crippen molar-refractivity contribution >= 4 is 21.7 Å². The normalized spacial score (nSPS) is 11.1. The Labute approximate surface area is 166 Å². The number of carbonyl (C=O) groups is 1. The van der Waals surface area contributed by atoms with E-state index in [4.69, 9.17) is 19.0 Å². The highest BCUT2D eigenvalue weighted by molar-refractivity contribution is 7.89. The molecule has 0 aliphatic carbocycles.